The first kappa shape index (κ1) is 13.3. The molecule has 0 aliphatic heterocycles. The molecule has 0 unspecified atom stereocenters. The molecule has 3 rings (SSSR count). The third kappa shape index (κ3) is 3.45. The van der Waals surface area contributed by atoms with E-state index in [1.54, 1.807) is 18.9 Å². The van der Waals surface area contributed by atoms with Crippen LogP contribution in [0.25, 0.3) is 0 Å². The minimum absolute atomic E-state index is 0.618. The van der Waals surface area contributed by atoms with E-state index in [2.05, 4.69) is 15.2 Å². The molecule has 0 amide bonds. The van der Waals surface area contributed by atoms with Gasteiger partial charge in [-0.3, -0.25) is 5.10 Å². The van der Waals surface area contributed by atoms with Crippen LogP contribution < -0.4 is 9.47 Å². The van der Waals surface area contributed by atoms with Crippen molar-refractivity contribution in [2.75, 3.05) is 19.5 Å². The first-order valence-corrected chi connectivity index (χ1v) is 7.65. The number of nitrogens with one attached hydrogen (secondary N) is 1. The molecule has 1 aliphatic carbocycles. The zero-order chi connectivity index (χ0) is 13.8. The Labute approximate surface area is 122 Å². The van der Waals surface area contributed by atoms with Crippen LogP contribution in [0.5, 0.6) is 11.5 Å². The lowest BCUT2D eigenvalue weighted by Crippen LogP contribution is -2.00. The molecule has 6 heteroatoms. The molecule has 1 saturated carbocycles. The van der Waals surface area contributed by atoms with Gasteiger partial charge >= 0.3 is 0 Å². The molecule has 1 N–H and O–H groups in total. The van der Waals surface area contributed by atoms with Crippen LogP contribution in [0.15, 0.2) is 29.4 Å². The Morgan fingerprint density at radius 2 is 2.00 bits per heavy atom. The van der Waals surface area contributed by atoms with Crippen LogP contribution in [-0.2, 0) is 0 Å². The first-order chi connectivity index (χ1) is 9.85. The van der Waals surface area contributed by atoms with Gasteiger partial charge in [-0.15, -0.1) is 5.10 Å². The Balaban J connectivity index is 1.40. The van der Waals surface area contributed by atoms with Gasteiger partial charge in [0.05, 0.1) is 13.7 Å². The van der Waals surface area contributed by atoms with Crippen molar-refractivity contribution in [2.45, 2.75) is 23.9 Å². The number of ether oxygens (including phenoxy) is 2. The number of H-pyrrole nitrogens is 1. The van der Waals surface area contributed by atoms with Gasteiger partial charge in [-0.05, 0) is 37.1 Å². The molecule has 5 nitrogen and oxygen atoms in total. The van der Waals surface area contributed by atoms with Gasteiger partial charge in [-0.25, -0.2) is 4.98 Å². The lowest BCUT2D eigenvalue weighted by atomic mass is 10.3. The van der Waals surface area contributed by atoms with Gasteiger partial charge in [0, 0.05) is 11.7 Å². The van der Waals surface area contributed by atoms with Crippen molar-refractivity contribution in [2.24, 2.45) is 0 Å². The molecule has 1 heterocycles. The van der Waals surface area contributed by atoms with Gasteiger partial charge in [0.15, 0.2) is 0 Å². The highest BCUT2D eigenvalue weighted by Gasteiger charge is 2.27. The summed E-state index contributed by atoms with van der Waals surface area (Å²) in [6.07, 6.45) is 2.47. The standard InChI is InChI=1S/C14H17N3O2S/c1-18-11-4-6-12(7-5-11)19-8-9-20-14-15-13(16-17-14)10-2-3-10/h4-7,10H,2-3,8-9H2,1H3,(H,15,16,17). The van der Waals surface area contributed by atoms with Gasteiger partial charge in [0.1, 0.15) is 17.3 Å². The minimum atomic E-state index is 0.618. The maximum Gasteiger partial charge on any atom is 0.208 e. The van der Waals surface area contributed by atoms with Gasteiger partial charge in [-0.2, -0.15) is 0 Å². The second-order valence-electron chi connectivity index (χ2n) is 4.65. The molecule has 0 bridgehead atoms. The van der Waals surface area contributed by atoms with E-state index in [0.29, 0.717) is 12.5 Å². The highest BCUT2D eigenvalue weighted by atomic mass is 32.2. The highest BCUT2D eigenvalue weighted by molar-refractivity contribution is 7.99. The molecule has 1 aromatic heterocycles. The van der Waals surface area contributed by atoms with Gasteiger partial charge in [-0.1, -0.05) is 11.8 Å². The van der Waals surface area contributed by atoms with Crippen LogP contribution in [0.2, 0.25) is 0 Å². The molecule has 2 aromatic rings. The summed E-state index contributed by atoms with van der Waals surface area (Å²) in [5, 5.41) is 8.01. The molecule has 0 spiro atoms. The summed E-state index contributed by atoms with van der Waals surface area (Å²) < 4.78 is 10.8. The summed E-state index contributed by atoms with van der Waals surface area (Å²) in [5.41, 5.74) is 0. The van der Waals surface area contributed by atoms with Crippen molar-refractivity contribution in [3.8, 4) is 11.5 Å². The molecule has 1 fully saturated rings. The largest absolute Gasteiger partial charge is 0.497 e. The summed E-state index contributed by atoms with van der Waals surface area (Å²) in [5.74, 6) is 4.16. The third-order valence-corrected chi connectivity index (χ3v) is 3.90. The fraction of sp³-hybridized carbons (Fsp3) is 0.429. The van der Waals surface area contributed by atoms with Crippen LogP contribution in [0.4, 0.5) is 0 Å². The summed E-state index contributed by atoms with van der Waals surface area (Å²) in [6.45, 7) is 0.629. The Morgan fingerprint density at radius 1 is 1.25 bits per heavy atom. The van der Waals surface area contributed by atoms with Crippen LogP contribution >= 0.6 is 11.8 Å². The SMILES string of the molecule is COc1ccc(OCCSc2n[nH]c(C3CC3)n2)cc1. The zero-order valence-electron chi connectivity index (χ0n) is 11.3. The van der Waals surface area contributed by atoms with Crippen molar-refractivity contribution in [3.05, 3.63) is 30.1 Å². The Bertz CT molecular complexity index is 552. The highest BCUT2D eigenvalue weighted by Crippen LogP contribution is 2.38. The van der Waals surface area contributed by atoms with Gasteiger partial charge in [0.2, 0.25) is 5.16 Å². The Morgan fingerprint density at radius 3 is 2.70 bits per heavy atom. The fourth-order valence-corrected chi connectivity index (χ4v) is 2.45. The molecular weight excluding hydrogens is 274 g/mol. The van der Waals surface area contributed by atoms with E-state index in [1.807, 2.05) is 24.3 Å². The monoisotopic (exact) mass is 291 g/mol. The molecule has 106 valence electrons. The smallest absolute Gasteiger partial charge is 0.208 e. The van der Waals surface area contributed by atoms with E-state index in [1.165, 1.54) is 12.8 Å². The van der Waals surface area contributed by atoms with Crippen LogP contribution in [0.3, 0.4) is 0 Å². The fourth-order valence-electron chi connectivity index (χ4n) is 1.83. The number of rotatable bonds is 7. The number of methoxy groups -OCH3 is 1. The van der Waals surface area contributed by atoms with Crippen molar-refractivity contribution in [1.82, 2.24) is 15.2 Å². The number of hydrogen-bond acceptors (Lipinski definition) is 5. The predicted octanol–water partition coefficient (Wildman–Crippen LogP) is 2.86. The van der Waals surface area contributed by atoms with Crippen LogP contribution in [0.1, 0.15) is 24.6 Å². The van der Waals surface area contributed by atoms with E-state index in [-0.39, 0.29) is 0 Å². The van der Waals surface area contributed by atoms with Gasteiger partial charge in [0.25, 0.3) is 0 Å². The average Bonchev–Trinajstić information content (AvgIpc) is 3.24. The number of aromatic nitrogens is 3. The summed E-state index contributed by atoms with van der Waals surface area (Å²) in [7, 11) is 1.65. The number of nitrogens with zero attached hydrogens (tertiary/aromatic N) is 2. The van der Waals surface area contributed by atoms with E-state index in [9.17, 15) is 0 Å². The molecule has 1 aliphatic rings. The maximum atomic E-state index is 5.65. The van der Waals surface area contributed by atoms with Gasteiger partial charge < -0.3 is 9.47 Å². The Hall–Kier alpha value is -1.69. The number of benzene rings is 1. The summed E-state index contributed by atoms with van der Waals surface area (Å²) >= 11 is 1.61. The molecular formula is C14H17N3O2S. The second kappa shape index (κ2) is 6.17. The quantitative estimate of drug-likeness (QED) is 0.628. The predicted molar refractivity (Wildman–Crippen MR) is 77.6 cm³/mol. The van der Waals surface area contributed by atoms with E-state index < -0.39 is 0 Å². The van der Waals surface area contributed by atoms with Crippen molar-refractivity contribution in [1.29, 1.82) is 0 Å². The van der Waals surface area contributed by atoms with Crippen molar-refractivity contribution < 1.29 is 9.47 Å². The zero-order valence-corrected chi connectivity index (χ0v) is 12.2. The summed E-state index contributed by atoms with van der Waals surface area (Å²) in [6, 6.07) is 7.59. The molecule has 1 aromatic carbocycles. The van der Waals surface area contributed by atoms with Crippen molar-refractivity contribution >= 4 is 11.8 Å². The lowest BCUT2D eigenvalue weighted by molar-refractivity contribution is 0.342. The molecule has 20 heavy (non-hydrogen) atoms. The van der Waals surface area contributed by atoms with Crippen LogP contribution in [0, 0.1) is 0 Å². The Kier molecular flexibility index (Phi) is 4.11. The van der Waals surface area contributed by atoms with Crippen molar-refractivity contribution in [3.63, 3.8) is 0 Å². The lowest BCUT2D eigenvalue weighted by Gasteiger charge is -2.05. The minimum Gasteiger partial charge on any atom is -0.497 e. The molecule has 0 saturated heterocycles. The molecule has 0 atom stereocenters. The average molecular weight is 291 g/mol. The third-order valence-electron chi connectivity index (χ3n) is 3.09. The molecule has 0 radical (unpaired) electrons. The number of thioether (sulfide) groups is 1. The number of aromatic amines is 1. The maximum absolute atomic E-state index is 5.65. The van der Waals surface area contributed by atoms with Crippen LogP contribution in [-0.4, -0.2) is 34.7 Å². The normalized spacial score (nSPS) is 14.2. The topological polar surface area (TPSA) is 60.0 Å². The first-order valence-electron chi connectivity index (χ1n) is 6.67. The van der Waals surface area contributed by atoms with E-state index in [4.69, 9.17) is 9.47 Å². The number of hydrogen-bond donors (Lipinski definition) is 1. The van der Waals surface area contributed by atoms with E-state index in [0.717, 1.165) is 28.2 Å². The second-order valence-corrected chi connectivity index (χ2v) is 5.71. The van der Waals surface area contributed by atoms with E-state index >= 15 is 0 Å². The summed E-state index contributed by atoms with van der Waals surface area (Å²) in [4.78, 5) is 4.46.